The summed E-state index contributed by atoms with van der Waals surface area (Å²) in [5.74, 6) is 0.453. The third-order valence-corrected chi connectivity index (χ3v) is 4.08. The van der Waals surface area contributed by atoms with E-state index in [0.29, 0.717) is 36.7 Å². The van der Waals surface area contributed by atoms with Gasteiger partial charge < -0.3 is 16.4 Å². The second kappa shape index (κ2) is 10.1. The zero-order valence-corrected chi connectivity index (χ0v) is 14.2. The predicted molar refractivity (Wildman–Crippen MR) is 94.6 cm³/mol. The van der Waals surface area contributed by atoms with E-state index in [1.807, 2.05) is 0 Å². The molecule has 1 aliphatic rings. The van der Waals surface area contributed by atoms with Gasteiger partial charge in [0.2, 0.25) is 5.91 Å². The summed E-state index contributed by atoms with van der Waals surface area (Å²) in [6.07, 6.45) is 6.74. The molecule has 0 saturated heterocycles. The average molecular weight is 340 g/mol. The molecule has 0 heterocycles. The molecule has 1 aliphatic carbocycles. The van der Waals surface area contributed by atoms with Crippen LogP contribution in [-0.2, 0) is 4.79 Å². The van der Waals surface area contributed by atoms with E-state index in [1.54, 1.807) is 24.3 Å². The van der Waals surface area contributed by atoms with Crippen LogP contribution in [0.3, 0.4) is 0 Å². The molecule has 2 amide bonds. The zero-order valence-electron chi connectivity index (χ0n) is 13.3. The Morgan fingerprint density at radius 2 is 1.78 bits per heavy atom. The molecule has 1 aromatic rings. The molecule has 0 atom stereocenters. The maximum absolute atomic E-state index is 11.9. The van der Waals surface area contributed by atoms with Crippen LogP contribution in [0.25, 0.3) is 0 Å². The molecular weight excluding hydrogens is 314 g/mol. The van der Waals surface area contributed by atoms with E-state index in [0.717, 1.165) is 0 Å². The van der Waals surface area contributed by atoms with Gasteiger partial charge in [0.15, 0.2) is 0 Å². The van der Waals surface area contributed by atoms with Gasteiger partial charge in [0.1, 0.15) is 0 Å². The van der Waals surface area contributed by atoms with Gasteiger partial charge in [-0.1, -0.05) is 25.3 Å². The molecule has 2 rings (SSSR count). The molecular formula is C17H26ClN3O2. The van der Waals surface area contributed by atoms with Crippen LogP contribution in [0.2, 0.25) is 0 Å². The van der Waals surface area contributed by atoms with Crippen molar-refractivity contribution in [1.29, 1.82) is 0 Å². The molecule has 0 spiro atoms. The highest BCUT2D eigenvalue weighted by atomic mass is 35.5. The highest BCUT2D eigenvalue weighted by Crippen LogP contribution is 2.25. The van der Waals surface area contributed by atoms with Gasteiger partial charge in [0, 0.05) is 30.8 Å². The van der Waals surface area contributed by atoms with E-state index in [4.69, 9.17) is 5.73 Å². The van der Waals surface area contributed by atoms with Gasteiger partial charge >= 0.3 is 0 Å². The maximum Gasteiger partial charge on any atom is 0.251 e. The molecule has 1 fully saturated rings. The fourth-order valence-electron chi connectivity index (χ4n) is 2.89. The quantitative estimate of drug-likeness (QED) is 0.550. The van der Waals surface area contributed by atoms with Crippen molar-refractivity contribution in [2.45, 2.75) is 38.5 Å². The van der Waals surface area contributed by atoms with E-state index < -0.39 is 0 Å². The summed E-state index contributed by atoms with van der Waals surface area (Å²) in [6.45, 7) is 0.879. The van der Waals surface area contributed by atoms with E-state index in [9.17, 15) is 9.59 Å². The second-order valence-corrected chi connectivity index (χ2v) is 5.94. The summed E-state index contributed by atoms with van der Waals surface area (Å²) >= 11 is 0. The first-order chi connectivity index (χ1) is 10.6. The van der Waals surface area contributed by atoms with Crippen LogP contribution in [0.1, 0.15) is 48.9 Å². The lowest BCUT2D eigenvalue weighted by Gasteiger charge is -2.20. The lowest BCUT2D eigenvalue weighted by Crippen LogP contribution is -2.35. The molecule has 23 heavy (non-hydrogen) atoms. The number of amides is 2. The number of nitrogens with one attached hydrogen (secondary N) is 2. The summed E-state index contributed by atoms with van der Waals surface area (Å²) in [5.41, 5.74) is 6.74. The Morgan fingerprint density at radius 3 is 2.48 bits per heavy atom. The number of halogens is 1. The van der Waals surface area contributed by atoms with E-state index >= 15 is 0 Å². The first kappa shape index (κ1) is 19.3. The van der Waals surface area contributed by atoms with Crippen molar-refractivity contribution in [3.63, 3.8) is 0 Å². The Bertz CT molecular complexity index is 516. The SMILES string of the molecule is Cl.Nc1cccc(C(=O)NCCNC(=O)CC2CCCCC2)c1. The van der Waals surface area contributed by atoms with Crippen LogP contribution in [0.4, 0.5) is 5.69 Å². The van der Waals surface area contributed by atoms with Gasteiger partial charge in [-0.2, -0.15) is 0 Å². The minimum Gasteiger partial charge on any atom is -0.399 e. The fraction of sp³-hybridized carbons (Fsp3) is 0.529. The Balaban J connectivity index is 0.00000264. The molecule has 0 bridgehead atoms. The average Bonchev–Trinajstić information content (AvgIpc) is 2.52. The fourth-order valence-corrected chi connectivity index (χ4v) is 2.89. The second-order valence-electron chi connectivity index (χ2n) is 5.94. The number of rotatable bonds is 6. The zero-order chi connectivity index (χ0) is 15.8. The molecule has 128 valence electrons. The Hall–Kier alpha value is -1.75. The summed E-state index contributed by atoms with van der Waals surface area (Å²) in [4.78, 5) is 23.7. The van der Waals surface area contributed by atoms with Crippen LogP contribution in [-0.4, -0.2) is 24.9 Å². The van der Waals surface area contributed by atoms with Gasteiger partial charge in [-0.05, 0) is 37.0 Å². The smallest absolute Gasteiger partial charge is 0.251 e. The number of nitrogens with two attached hydrogens (primary N) is 1. The molecule has 5 nitrogen and oxygen atoms in total. The van der Waals surface area contributed by atoms with E-state index in [-0.39, 0.29) is 24.2 Å². The molecule has 0 aliphatic heterocycles. The van der Waals surface area contributed by atoms with Crippen LogP contribution in [0, 0.1) is 5.92 Å². The van der Waals surface area contributed by atoms with Crippen molar-refractivity contribution in [1.82, 2.24) is 10.6 Å². The van der Waals surface area contributed by atoms with Crippen molar-refractivity contribution < 1.29 is 9.59 Å². The van der Waals surface area contributed by atoms with Crippen molar-refractivity contribution in [3.8, 4) is 0 Å². The van der Waals surface area contributed by atoms with Crippen LogP contribution in [0.5, 0.6) is 0 Å². The summed E-state index contributed by atoms with van der Waals surface area (Å²) < 4.78 is 0. The topological polar surface area (TPSA) is 84.2 Å². The van der Waals surface area contributed by atoms with Crippen LogP contribution >= 0.6 is 12.4 Å². The molecule has 0 unspecified atom stereocenters. The number of anilines is 1. The standard InChI is InChI=1S/C17H25N3O2.ClH/c18-15-8-4-7-14(12-15)17(22)20-10-9-19-16(21)11-13-5-2-1-3-6-13;/h4,7-8,12-13H,1-3,5-6,9-11,18H2,(H,19,21)(H,20,22);1H. The van der Waals surface area contributed by atoms with Crippen molar-refractivity contribution in [3.05, 3.63) is 29.8 Å². The third-order valence-electron chi connectivity index (χ3n) is 4.08. The molecule has 1 saturated carbocycles. The number of carbonyl (C=O) groups is 2. The van der Waals surface area contributed by atoms with Crippen LogP contribution in [0.15, 0.2) is 24.3 Å². The van der Waals surface area contributed by atoms with Gasteiger partial charge in [-0.15, -0.1) is 12.4 Å². The highest BCUT2D eigenvalue weighted by Gasteiger charge is 2.16. The Labute approximate surface area is 143 Å². The molecule has 0 radical (unpaired) electrons. The maximum atomic E-state index is 11.9. The Kier molecular flexibility index (Phi) is 8.48. The number of nitrogen functional groups attached to an aromatic ring is 1. The number of hydrogen-bond acceptors (Lipinski definition) is 3. The minimum absolute atomic E-state index is 0. The lowest BCUT2D eigenvalue weighted by molar-refractivity contribution is -0.122. The number of benzene rings is 1. The monoisotopic (exact) mass is 339 g/mol. The van der Waals surface area contributed by atoms with E-state index in [1.165, 1.54) is 32.1 Å². The van der Waals surface area contributed by atoms with Crippen molar-refractivity contribution in [2.24, 2.45) is 5.92 Å². The molecule has 0 aromatic heterocycles. The van der Waals surface area contributed by atoms with Crippen LogP contribution < -0.4 is 16.4 Å². The predicted octanol–water partition coefficient (Wildman–Crippen LogP) is 2.51. The van der Waals surface area contributed by atoms with Gasteiger partial charge in [-0.25, -0.2) is 0 Å². The van der Waals surface area contributed by atoms with Gasteiger partial charge in [0.25, 0.3) is 5.91 Å². The normalized spacial score (nSPS) is 14.6. The first-order valence-corrected chi connectivity index (χ1v) is 8.05. The molecule has 6 heteroatoms. The molecule has 4 N–H and O–H groups in total. The summed E-state index contributed by atoms with van der Waals surface area (Å²) in [6, 6.07) is 6.84. The van der Waals surface area contributed by atoms with Gasteiger partial charge in [-0.3, -0.25) is 9.59 Å². The summed E-state index contributed by atoms with van der Waals surface area (Å²) in [7, 11) is 0. The first-order valence-electron chi connectivity index (χ1n) is 8.05. The molecule has 1 aromatic carbocycles. The number of hydrogen-bond donors (Lipinski definition) is 3. The number of carbonyl (C=O) groups excluding carboxylic acids is 2. The van der Waals surface area contributed by atoms with Crippen molar-refractivity contribution in [2.75, 3.05) is 18.8 Å². The largest absolute Gasteiger partial charge is 0.399 e. The Morgan fingerprint density at radius 1 is 1.09 bits per heavy atom. The van der Waals surface area contributed by atoms with Gasteiger partial charge in [0.05, 0.1) is 0 Å². The highest BCUT2D eigenvalue weighted by molar-refractivity contribution is 5.95. The summed E-state index contributed by atoms with van der Waals surface area (Å²) in [5, 5.41) is 5.65. The third kappa shape index (κ3) is 6.91. The van der Waals surface area contributed by atoms with Crippen molar-refractivity contribution >= 4 is 29.9 Å². The van der Waals surface area contributed by atoms with E-state index in [2.05, 4.69) is 10.6 Å². The lowest BCUT2D eigenvalue weighted by atomic mass is 9.87. The minimum atomic E-state index is -0.172.